The van der Waals surface area contributed by atoms with Gasteiger partial charge in [-0.15, -0.1) is 0 Å². The van der Waals surface area contributed by atoms with Crippen molar-refractivity contribution in [1.82, 2.24) is 19.8 Å². The third-order valence-corrected chi connectivity index (χ3v) is 6.96. The molecule has 2 heterocycles. The summed E-state index contributed by atoms with van der Waals surface area (Å²) in [4.78, 5) is 13.0. The first-order valence-electron chi connectivity index (χ1n) is 11.1. The smallest absolute Gasteiger partial charge is 0.241 e. The van der Waals surface area contributed by atoms with Crippen LogP contribution in [0.5, 0.6) is 11.5 Å². The molecule has 0 saturated carbocycles. The number of aromatic nitrogens is 2. The van der Waals surface area contributed by atoms with Gasteiger partial charge in [-0.05, 0) is 35.2 Å². The fourth-order valence-corrected chi connectivity index (χ4v) is 5.02. The van der Waals surface area contributed by atoms with Crippen molar-refractivity contribution >= 4 is 15.9 Å². The second-order valence-electron chi connectivity index (χ2n) is 8.34. The maximum atomic E-state index is 13.0. The van der Waals surface area contributed by atoms with Crippen LogP contribution in [0.2, 0.25) is 0 Å². The Morgan fingerprint density at radius 3 is 2.50 bits per heavy atom. The largest absolute Gasteiger partial charge is 0.486 e. The summed E-state index contributed by atoms with van der Waals surface area (Å²) in [6, 6.07) is 13.1. The number of fused-ring (bicyclic) bond motifs is 1. The number of benzene rings is 2. The molecule has 1 atom stereocenters. The number of carbonyl (C=O) groups excluding carboxylic acids is 1. The summed E-state index contributed by atoms with van der Waals surface area (Å²) >= 11 is 0. The van der Waals surface area contributed by atoms with Crippen LogP contribution in [-0.2, 0) is 27.9 Å². The molecule has 1 aliphatic heterocycles. The number of hydrogen-bond acceptors (Lipinski definition) is 6. The van der Waals surface area contributed by atoms with E-state index < -0.39 is 22.0 Å². The van der Waals surface area contributed by atoms with E-state index in [9.17, 15) is 13.2 Å². The van der Waals surface area contributed by atoms with Crippen LogP contribution in [0.25, 0.3) is 0 Å². The Bertz CT molecular complexity index is 1240. The molecule has 0 radical (unpaired) electrons. The van der Waals surface area contributed by atoms with Crippen LogP contribution in [0.15, 0.2) is 65.8 Å². The van der Waals surface area contributed by atoms with Crippen molar-refractivity contribution in [3.05, 3.63) is 72.1 Å². The lowest BCUT2D eigenvalue weighted by molar-refractivity contribution is -0.123. The molecule has 4 rings (SSSR count). The molecule has 1 amide bonds. The van der Waals surface area contributed by atoms with E-state index >= 15 is 0 Å². The van der Waals surface area contributed by atoms with Gasteiger partial charge in [0.2, 0.25) is 15.9 Å². The van der Waals surface area contributed by atoms with Crippen molar-refractivity contribution in [2.75, 3.05) is 13.2 Å². The maximum Gasteiger partial charge on any atom is 0.241 e. The van der Waals surface area contributed by atoms with Crippen molar-refractivity contribution in [1.29, 1.82) is 0 Å². The molecule has 0 spiro atoms. The van der Waals surface area contributed by atoms with Crippen molar-refractivity contribution in [3.8, 4) is 11.5 Å². The molecule has 0 unspecified atom stereocenters. The molecule has 34 heavy (non-hydrogen) atoms. The van der Waals surface area contributed by atoms with Crippen molar-refractivity contribution in [3.63, 3.8) is 0 Å². The average molecular weight is 485 g/mol. The van der Waals surface area contributed by atoms with Crippen LogP contribution in [0.4, 0.5) is 0 Å². The monoisotopic (exact) mass is 484 g/mol. The van der Waals surface area contributed by atoms with Gasteiger partial charge >= 0.3 is 0 Å². The molecule has 2 N–H and O–H groups in total. The molecule has 0 saturated heterocycles. The first kappa shape index (κ1) is 23.8. The first-order valence-corrected chi connectivity index (χ1v) is 12.6. The zero-order chi connectivity index (χ0) is 24.1. The summed E-state index contributed by atoms with van der Waals surface area (Å²) in [6.45, 7) is 5.19. The normalized spacial score (nSPS) is 14.1. The minimum absolute atomic E-state index is 0.0137. The molecular formula is C24H28N4O5S. The van der Waals surface area contributed by atoms with Crippen molar-refractivity contribution in [2.45, 2.75) is 37.9 Å². The summed E-state index contributed by atoms with van der Waals surface area (Å²) < 4.78 is 41.4. The van der Waals surface area contributed by atoms with E-state index in [1.54, 1.807) is 30.8 Å². The zero-order valence-electron chi connectivity index (χ0n) is 19.1. The third-order valence-electron chi connectivity index (χ3n) is 5.52. The minimum atomic E-state index is -3.97. The second-order valence-corrected chi connectivity index (χ2v) is 10.1. The summed E-state index contributed by atoms with van der Waals surface area (Å²) in [6.07, 6.45) is 3.59. The first-order chi connectivity index (χ1) is 16.3. The van der Waals surface area contributed by atoms with E-state index in [0.717, 1.165) is 11.1 Å². The number of amides is 1. The van der Waals surface area contributed by atoms with Gasteiger partial charge < -0.3 is 14.8 Å². The predicted octanol–water partition coefficient (Wildman–Crippen LogP) is 2.32. The SMILES string of the molecule is CC(C)[C@H](NS(=O)(=O)c1ccc2c(c1)OCCO2)C(=O)NCc1ccccc1Cn1cccn1. The highest BCUT2D eigenvalue weighted by molar-refractivity contribution is 7.89. The minimum Gasteiger partial charge on any atom is -0.486 e. The van der Waals surface area contributed by atoms with Gasteiger partial charge in [0.05, 0.1) is 11.4 Å². The van der Waals surface area contributed by atoms with Crippen molar-refractivity contribution < 1.29 is 22.7 Å². The highest BCUT2D eigenvalue weighted by Gasteiger charge is 2.29. The molecule has 180 valence electrons. The van der Waals surface area contributed by atoms with Crippen LogP contribution < -0.4 is 19.5 Å². The van der Waals surface area contributed by atoms with Gasteiger partial charge in [-0.2, -0.15) is 9.82 Å². The van der Waals surface area contributed by atoms with Gasteiger partial charge in [0.1, 0.15) is 19.3 Å². The molecule has 0 fully saturated rings. The number of ether oxygens (including phenoxy) is 2. The lowest BCUT2D eigenvalue weighted by Crippen LogP contribution is -2.49. The quantitative estimate of drug-likeness (QED) is 0.482. The standard InChI is InChI=1S/C24H28N4O5S/c1-17(2)23(27-34(30,31)20-8-9-21-22(14-20)33-13-12-32-21)24(29)25-15-18-6-3-4-7-19(18)16-28-11-5-10-26-28/h3-11,14,17,23,27H,12-13,15-16H2,1-2H3,(H,25,29)/t23-/m0/s1. The number of rotatable bonds is 9. The van der Waals surface area contributed by atoms with Crippen LogP contribution in [0.3, 0.4) is 0 Å². The van der Waals surface area contributed by atoms with Gasteiger partial charge in [0, 0.05) is 25.0 Å². The average Bonchev–Trinajstić information content (AvgIpc) is 3.34. The molecule has 9 nitrogen and oxygen atoms in total. The second kappa shape index (κ2) is 10.3. The number of nitrogens with zero attached hydrogens (tertiary/aromatic N) is 2. The van der Waals surface area contributed by atoms with E-state index in [1.165, 1.54) is 12.1 Å². The number of nitrogens with one attached hydrogen (secondary N) is 2. The Morgan fingerprint density at radius 2 is 1.79 bits per heavy atom. The summed E-state index contributed by atoms with van der Waals surface area (Å²) in [5.74, 6) is 0.196. The van der Waals surface area contributed by atoms with Crippen LogP contribution >= 0.6 is 0 Å². The Labute approximate surface area is 199 Å². The van der Waals surface area contributed by atoms with E-state index in [2.05, 4.69) is 15.1 Å². The fraction of sp³-hybridized carbons (Fsp3) is 0.333. The number of carbonyl (C=O) groups is 1. The van der Waals surface area contributed by atoms with Gasteiger partial charge in [-0.3, -0.25) is 9.48 Å². The lowest BCUT2D eigenvalue weighted by Gasteiger charge is -2.23. The van der Waals surface area contributed by atoms with E-state index in [-0.39, 0.29) is 17.4 Å². The molecule has 2 aromatic carbocycles. The number of sulfonamides is 1. The summed E-state index contributed by atoms with van der Waals surface area (Å²) in [5, 5.41) is 7.12. The summed E-state index contributed by atoms with van der Waals surface area (Å²) in [7, 11) is -3.97. The Balaban J connectivity index is 1.45. The number of hydrogen-bond donors (Lipinski definition) is 2. The van der Waals surface area contributed by atoms with Crippen molar-refractivity contribution in [2.24, 2.45) is 5.92 Å². The lowest BCUT2D eigenvalue weighted by atomic mass is 10.0. The molecule has 3 aromatic rings. The Kier molecular flexibility index (Phi) is 7.18. The van der Waals surface area contributed by atoms with Crippen LogP contribution in [-0.4, -0.2) is 43.4 Å². The predicted molar refractivity (Wildman–Crippen MR) is 126 cm³/mol. The van der Waals surface area contributed by atoms with Gasteiger partial charge in [0.15, 0.2) is 11.5 Å². The van der Waals surface area contributed by atoms with Crippen LogP contribution in [0.1, 0.15) is 25.0 Å². The van der Waals surface area contributed by atoms with E-state index in [4.69, 9.17) is 9.47 Å². The maximum absolute atomic E-state index is 13.0. The highest BCUT2D eigenvalue weighted by atomic mass is 32.2. The molecule has 1 aromatic heterocycles. The zero-order valence-corrected chi connectivity index (χ0v) is 19.9. The van der Waals surface area contributed by atoms with Crippen LogP contribution in [0, 0.1) is 5.92 Å². The molecule has 10 heteroatoms. The third kappa shape index (κ3) is 5.57. The van der Waals surface area contributed by atoms with Gasteiger partial charge in [0.25, 0.3) is 0 Å². The Morgan fingerprint density at radius 1 is 1.06 bits per heavy atom. The van der Waals surface area contributed by atoms with E-state index in [0.29, 0.717) is 31.3 Å². The summed E-state index contributed by atoms with van der Waals surface area (Å²) in [5.41, 5.74) is 1.95. The molecular weight excluding hydrogens is 456 g/mol. The van der Waals surface area contributed by atoms with Gasteiger partial charge in [-0.25, -0.2) is 8.42 Å². The molecule has 0 aliphatic carbocycles. The topological polar surface area (TPSA) is 112 Å². The Hall–Kier alpha value is -3.37. The highest BCUT2D eigenvalue weighted by Crippen LogP contribution is 2.32. The van der Waals surface area contributed by atoms with E-state index in [1.807, 2.05) is 36.5 Å². The van der Waals surface area contributed by atoms with Gasteiger partial charge in [-0.1, -0.05) is 38.1 Å². The fourth-order valence-electron chi connectivity index (χ4n) is 3.66. The molecule has 1 aliphatic rings. The molecule has 0 bridgehead atoms.